The van der Waals surface area contributed by atoms with E-state index in [4.69, 9.17) is 5.73 Å². The average Bonchev–Trinajstić information content (AvgIpc) is 3.15. The second-order valence-corrected chi connectivity index (χ2v) is 6.31. The standard InChI is InChI=1S/C11H14F2N2O2S/c1-15(8-2-3-8)18(16,17)10-5-7(6-14)4-9(12)11(10)13/h4-5,8H,2-3,6,14H2,1H3. The normalized spacial score (nSPS) is 16.3. The first kappa shape index (κ1) is 13.4. The van der Waals surface area contributed by atoms with Crippen LogP contribution in [0.2, 0.25) is 0 Å². The molecule has 0 heterocycles. The monoisotopic (exact) mass is 276 g/mol. The van der Waals surface area contributed by atoms with E-state index in [1.807, 2.05) is 0 Å². The minimum Gasteiger partial charge on any atom is -0.326 e. The van der Waals surface area contributed by atoms with Crippen molar-refractivity contribution in [2.45, 2.75) is 30.3 Å². The molecule has 0 spiro atoms. The second-order valence-electron chi connectivity index (χ2n) is 4.35. The molecule has 7 heteroatoms. The maximum atomic E-state index is 13.6. The molecule has 2 N–H and O–H groups in total. The van der Waals surface area contributed by atoms with Gasteiger partial charge in [-0.2, -0.15) is 4.31 Å². The van der Waals surface area contributed by atoms with E-state index in [0.29, 0.717) is 0 Å². The molecule has 0 aliphatic heterocycles. The van der Waals surface area contributed by atoms with Gasteiger partial charge in [-0.3, -0.25) is 0 Å². The lowest BCUT2D eigenvalue weighted by Crippen LogP contribution is -2.30. The van der Waals surface area contributed by atoms with Gasteiger partial charge in [0.25, 0.3) is 0 Å². The van der Waals surface area contributed by atoms with Gasteiger partial charge < -0.3 is 5.73 Å². The zero-order valence-electron chi connectivity index (χ0n) is 9.86. The smallest absolute Gasteiger partial charge is 0.246 e. The molecule has 1 saturated carbocycles. The molecule has 1 aromatic rings. The topological polar surface area (TPSA) is 63.4 Å². The van der Waals surface area contributed by atoms with E-state index < -0.39 is 26.6 Å². The fourth-order valence-corrected chi connectivity index (χ4v) is 3.25. The highest BCUT2D eigenvalue weighted by atomic mass is 32.2. The van der Waals surface area contributed by atoms with Crippen LogP contribution in [0.4, 0.5) is 8.78 Å². The maximum absolute atomic E-state index is 13.6. The summed E-state index contributed by atoms with van der Waals surface area (Å²) < 4.78 is 52.3. The Bertz CT molecular complexity index is 571. The molecule has 1 fully saturated rings. The van der Waals surface area contributed by atoms with Gasteiger partial charge in [-0.25, -0.2) is 17.2 Å². The molecule has 0 unspecified atom stereocenters. The number of rotatable bonds is 4. The summed E-state index contributed by atoms with van der Waals surface area (Å²) in [5, 5.41) is 0. The summed E-state index contributed by atoms with van der Waals surface area (Å²) in [7, 11) is -2.62. The first-order valence-corrected chi connectivity index (χ1v) is 6.98. The van der Waals surface area contributed by atoms with Gasteiger partial charge in [0.05, 0.1) is 0 Å². The van der Waals surface area contributed by atoms with E-state index in [1.165, 1.54) is 7.05 Å². The lowest BCUT2D eigenvalue weighted by Gasteiger charge is -2.17. The highest BCUT2D eigenvalue weighted by Crippen LogP contribution is 2.32. The molecule has 18 heavy (non-hydrogen) atoms. The number of nitrogens with zero attached hydrogens (tertiary/aromatic N) is 1. The summed E-state index contributed by atoms with van der Waals surface area (Å²) >= 11 is 0. The number of halogens is 2. The molecule has 0 atom stereocenters. The summed E-state index contributed by atoms with van der Waals surface area (Å²) in [4.78, 5) is -0.641. The molecular formula is C11H14F2N2O2S. The van der Waals surface area contributed by atoms with Gasteiger partial charge in [-0.15, -0.1) is 0 Å². The van der Waals surface area contributed by atoms with Crippen LogP contribution in [-0.2, 0) is 16.6 Å². The van der Waals surface area contributed by atoms with E-state index >= 15 is 0 Å². The third-order valence-electron chi connectivity index (χ3n) is 3.01. The minimum absolute atomic E-state index is 0.0487. The molecule has 2 rings (SSSR count). The zero-order valence-corrected chi connectivity index (χ0v) is 10.7. The van der Waals surface area contributed by atoms with Crippen molar-refractivity contribution >= 4 is 10.0 Å². The van der Waals surface area contributed by atoms with Crippen LogP contribution in [0.3, 0.4) is 0 Å². The molecule has 0 aromatic heterocycles. The maximum Gasteiger partial charge on any atom is 0.246 e. The molecular weight excluding hydrogens is 262 g/mol. The van der Waals surface area contributed by atoms with Crippen LogP contribution in [0.5, 0.6) is 0 Å². The molecule has 1 aliphatic rings. The van der Waals surface area contributed by atoms with Crippen molar-refractivity contribution in [3.05, 3.63) is 29.3 Å². The number of nitrogens with two attached hydrogens (primary N) is 1. The highest BCUT2D eigenvalue weighted by molar-refractivity contribution is 7.89. The van der Waals surface area contributed by atoms with Crippen molar-refractivity contribution in [2.24, 2.45) is 5.73 Å². The fourth-order valence-electron chi connectivity index (χ4n) is 1.71. The van der Waals surface area contributed by atoms with Gasteiger partial charge in [0.2, 0.25) is 10.0 Å². The quantitative estimate of drug-likeness (QED) is 0.899. The first-order chi connectivity index (χ1) is 8.37. The third kappa shape index (κ3) is 2.25. The number of hydrogen-bond acceptors (Lipinski definition) is 3. The van der Waals surface area contributed by atoms with Crippen LogP contribution in [0.15, 0.2) is 17.0 Å². The average molecular weight is 276 g/mol. The van der Waals surface area contributed by atoms with Crippen LogP contribution in [0, 0.1) is 11.6 Å². The Balaban J connectivity index is 2.52. The van der Waals surface area contributed by atoms with E-state index in [9.17, 15) is 17.2 Å². The van der Waals surface area contributed by atoms with Gasteiger partial charge >= 0.3 is 0 Å². The predicted octanol–water partition coefficient (Wildman–Crippen LogP) is 1.21. The van der Waals surface area contributed by atoms with E-state index in [2.05, 4.69) is 0 Å². The Kier molecular flexibility index (Phi) is 3.39. The molecule has 100 valence electrons. The van der Waals surface area contributed by atoms with Crippen LogP contribution >= 0.6 is 0 Å². The summed E-state index contributed by atoms with van der Waals surface area (Å²) in [6, 6.07) is 1.89. The first-order valence-electron chi connectivity index (χ1n) is 5.54. The summed E-state index contributed by atoms with van der Waals surface area (Å²) in [5.74, 6) is -2.54. The van der Waals surface area contributed by atoms with Crippen molar-refractivity contribution in [2.75, 3.05) is 7.05 Å². The summed E-state index contributed by atoms with van der Waals surface area (Å²) in [6.45, 7) is -0.0487. The molecule has 0 radical (unpaired) electrons. The number of hydrogen-bond donors (Lipinski definition) is 1. The van der Waals surface area contributed by atoms with Crippen molar-refractivity contribution < 1.29 is 17.2 Å². The highest BCUT2D eigenvalue weighted by Gasteiger charge is 2.37. The van der Waals surface area contributed by atoms with Gasteiger partial charge in [-0.05, 0) is 30.5 Å². The van der Waals surface area contributed by atoms with E-state index in [1.54, 1.807) is 0 Å². The summed E-state index contributed by atoms with van der Waals surface area (Å²) in [6.07, 6.45) is 1.49. The Morgan fingerprint density at radius 1 is 1.39 bits per heavy atom. The lowest BCUT2D eigenvalue weighted by molar-refractivity contribution is 0.445. The van der Waals surface area contributed by atoms with Gasteiger partial charge in [0.1, 0.15) is 4.90 Å². The number of sulfonamides is 1. The van der Waals surface area contributed by atoms with Crippen LogP contribution in [-0.4, -0.2) is 25.8 Å². The van der Waals surface area contributed by atoms with Crippen molar-refractivity contribution in [3.63, 3.8) is 0 Å². The van der Waals surface area contributed by atoms with Gasteiger partial charge in [-0.1, -0.05) is 0 Å². The van der Waals surface area contributed by atoms with Crippen molar-refractivity contribution in [3.8, 4) is 0 Å². The summed E-state index contributed by atoms with van der Waals surface area (Å²) in [5.41, 5.74) is 5.58. The molecule has 1 aromatic carbocycles. The molecule has 0 bridgehead atoms. The lowest BCUT2D eigenvalue weighted by atomic mass is 10.2. The Labute approximate surface area is 104 Å². The van der Waals surface area contributed by atoms with E-state index in [-0.39, 0.29) is 18.2 Å². The molecule has 4 nitrogen and oxygen atoms in total. The molecule has 1 aliphatic carbocycles. The minimum atomic E-state index is -4.00. The van der Waals surface area contributed by atoms with Gasteiger partial charge in [0.15, 0.2) is 11.6 Å². The van der Waals surface area contributed by atoms with E-state index in [0.717, 1.165) is 29.3 Å². The van der Waals surface area contributed by atoms with Crippen molar-refractivity contribution in [1.82, 2.24) is 4.31 Å². The molecule has 0 saturated heterocycles. The van der Waals surface area contributed by atoms with Crippen LogP contribution in [0.25, 0.3) is 0 Å². The fraction of sp³-hybridized carbons (Fsp3) is 0.455. The SMILES string of the molecule is CN(C1CC1)S(=O)(=O)c1cc(CN)cc(F)c1F. The Morgan fingerprint density at radius 3 is 2.50 bits per heavy atom. The van der Waals surface area contributed by atoms with Crippen molar-refractivity contribution in [1.29, 1.82) is 0 Å². The van der Waals surface area contributed by atoms with Gasteiger partial charge in [0, 0.05) is 19.6 Å². The Hall–Kier alpha value is -1.05. The van der Waals surface area contributed by atoms with Crippen LogP contribution in [0.1, 0.15) is 18.4 Å². The zero-order chi connectivity index (χ0) is 13.5. The predicted molar refractivity (Wildman–Crippen MR) is 62.2 cm³/mol. The van der Waals surface area contributed by atoms with Crippen LogP contribution < -0.4 is 5.73 Å². The Morgan fingerprint density at radius 2 is 2.00 bits per heavy atom. The molecule has 0 amide bonds. The number of benzene rings is 1. The largest absolute Gasteiger partial charge is 0.326 e. The second kappa shape index (κ2) is 4.56. The third-order valence-corrected chi connectivity index (χ3v) is 4.92.